The maximum Gasteiger partial charge on any atom is 0.354 e. The molecule has 2 N–H and O–H groups in total. The van der Waals surface area contributed by atoms with Gasteiger partial charge in [0.25, 0.3) is 0 Å². The number of carboxylic acids is 1. The van der Waals surface area contributed by atoms with Crippen molar-refractivity contribution in [2.75, 3.05) is 24.5 Å². The Kier molecular flexibility index (Phi) is 8.88. The molecule has 4 rings (SSSR count). The molecule has 34 heavy (non-hydrogen) atoms. The highest BCUT2D eigenvalue weighted by Crippen LogP contribution is 2.36. The zero-order chi connectivity index (χ0) is 24.7. The number of imidazole rings is 1. The Morgan fingerprint density at radius 2 is 1.71 bits per heavy atom. The molecule has 1 aliphatic heterocycles. The Morgan fingerprint density at radius 1 is 1.03 bits per heavy atom. The summed E-state index contributed by atoms with van der Waals surface area (Å²) in [5, 5.41) is 12.9. The van der Waals surface area contributed by atoms with Gasteiger partial charge in [-0.2, -0.15) is 0 Å². The minimum absolute atomic E-state index is 0.336. The molecule has 2 heterocycles. The van der Waals surface area contributed by atoms with E-state index in [0.717, 1.165) is 37.7 Å². The Bertz CT molecular complexity index is 1080. The number of hydrogen-bond acceptors (Lipinski definition) is 4. The SMILES string of the molecule is CCCNCCc1ccccc1.CCc1nc2n(c1C(=O)O)CCN2c1c(C)cc(C)cc1C. The van der Waals surface area contributed by atoms with E-state index in [1.165, 1.54) is 28.7 Å². The molecule has 0 spiro atoms. The van der Waals surface area contributed by atoms with Gasteiger partial charge in [-0.3, -0.25) is 0 Å². The molecule has 1 aliphatic rings. The van der Waals surface area contributed by atoms with Crippen LogP contribution in [0.1, 0.15) is 58.7 Å². The lowest BCUT2D eigenvalue weighted by atomic mass is 10.0. The van der Waals surface area contributed by atoms with E-state index in [-0.39, 0.29) is 0 Å². The van der Waals surface area contributed by atoms with E-state index in [0.29, 0.717) is 24.4 Å². The number of anilines is 2. The first-order valence-corrected chi connectivity index (χ1v) is 12.3. The number of carboxylic acid groups (broad SMARTS) is 1. The van der Waals surface area contributed by atoms with Crippen LogP contribution in [0.3, 0.4) is 0 Å². The van der Waals surface area contributed by atoms with Crippen molar-refractivity contribution < 1.29 is 9.90 Å². The highest BCUT2D eigenvalue weighted by molar-refractivity contribution is 5.88. The van der Waals surface area contributed by atoms with Gasteiger partial charge in [-0.1, -0.05) is 61.9 Å². The van der Waals surface area contributed by atoms with E-state index in [1.54, 1.807) is 0 Å². The summed E-state index contributed by atoms with van der Waals surface area (Å²) in [6, 6.07) is 14.9. The van der Waals surface area contributed by atoms with Crippen LogP contribution in [-0.2, 0) is 19.4 Å². The highest BCUT2D eigenvalue weighted by atomic mass is 16.4. The van der Waals surface area contributed by atoms with Crippen molar-refractivity contribution in [3.63, 3.8) is 0 Å². The van der Waals surface area contributed by atoms with Gasteiger partial charge < -0.3 is 19.9 Å². The molecule has 0 bridgehead atoms. The smallest absolute Gasteiger partial charge is 0.354 e. The number of nitrogens with one attached hydrogen (secondary N) is 1. The third-order valence-corrected chi connectivity index (χ3v) is 6.11. The molecule has 0 fully saturated rings. The topological polar surface area (TPSA) is 70.4 Å². The van der Waals surface area contributed by atoms with Crippen molar-refractivity contribution >= 4 is 17.6 Å². The normalized spacial score (nSPS) is 12.3. The summed E-state index contributed by atoms with van der Waals surface area (Å²) >= 11 is 0. The molecule has 2 aromatic carbocycles. The standard InChI is InChI=1S/C17H21N3O2.C11H17N/c1-5-13-15(16(21)22)20-7-6-19(17(20)18-13)14-11(3)8-10(2)9-12(14)4;1-2-9-12-10-8-11-6-4-3-5-7-11/h8-9H,5-7H2,1-4H3,(H,21,22);3-7,12H,2,8-10H2,1H3. The second-order valence-corrected chi connectivity index (χ2v) is 8.90. The maximum atomic E-state index is 11.5. The van der Waals surface area contributed by atoms with Gasteiger partial charge in [0.15, 0.2) is 5.69 Å². The van der Waals surface area contributed by atoms with Crippen LogP contribution in [0.15, 0.2) is 42.5 Å². The first kappa shape index (κ1) is 25.5. The lowest BCUT2D eigenvalue weighted by Crippen LogP contribution is -2.17. The second kappa shape index (κ2) is 11.8. The van der Waals surface area contributed by atoms with Gasteiger partial charge in [0.1, 0.15) is 0 Å². The number of carbonyl (C=O) groups is 1. The molecule has 0 atom stereocenters. The summed E-state index contributed by atoms with van der Waals surface area (Å²) in [4.78, 5) is 18.3. The van der Waals surface area contributed by atoms with Gasteiger partial charge in [0.05, 0.1) is 5.69 Å². The van der Waals surface area contributed by atoms with Gasteiger partial charge in [-0.15, -0.1) is 0 Å². The fourth-order valence-corrected chi connectivity index (χ4v) is 4.68. The number of aromatic nitrogens is 2. The highest BCUT2D eigenvalue weighted by Gasteiger charge is 2.31. The Labute approximate surface area is 203 Å². The van der Waals surface area contributed by atoms with E-state index in [9.17, 15) is 9.90 Å². The molecule has 0 saturated heterocycles. The molecule has 0 aliphatic carbocycles. The average molecular weight is 463 g/mol. The first-order chi connectivity index (χ1) is 16.4. The average Bonchev–Trinajstić information content (AvgIpc) is 3.36. The maximum absolute atomic E-state index is 11.5. The number of aryl methyl sites for hydroxylation is 4. The molecule has 0 amide bonds. The molecule has 0 saturated carbocycles. The zero-order valence-corrected chi connectivity index (χ0v) is 21.2. The molecule has 3 aromatic rings. The predicted octanol–water partition coefficient (Wildman–Crippen LogP) is 5.45. The van der Waals surface area contributed by atoms with E-state index in [1.807, 2.05) is 11.5 Å². The number of hydrogen-bond donors (Lipinski definition) is 2. The summed E-state index contributed by atoms with van der Waals surface area (Å²) in [5.41, 5.74) is 7.20. The van der Waals surface area contributed by atoms with Gasteiger partial charge in [-0.05, 0) is 69.8 Å². The van der Waals surface area contributed by atoms with Crippen LogP contribution in [0, 0.1) is 20.8 Å². The molecular weight excluding hydrogens is 424 g/mol. The number of fused-ring (bicyclic) bond motifs is 1. The van der Waals surface area contributed by atoms with Gasteiger partial charge >= 0.3 is 5.97 Å². The van der Waals surface area contributed by atoms with Crippen LogP contribution in [0.2, 0.25) is 0 Å². The summed E-state index contributed by atoms with van der Waals surface area (Å²) in [6.45, 7) is 14.1. The summed E-state index contributed by atoms with van der Waals surface area (Å²) < 4.78 is 1.83. The van der Waals surface area contributed by atoms with E-state index in [2.05, 4.69) is 85.4 Å². The largest absolute Gasteiger partial charge is 0.477 e. The number of aromatic carboxylic acids is 1. The molecular formula is C28H38N4O2. The van der Waals surface area contributed by atoms with Crippen molar-refractivity contribution in [2.45, 2.75) is 60.4 Å². The molecule has 0 radical (unpaired) electrons. The van der Waals surface area contributed by atoms with Crippen molar-refractivity contribution in [3.05, 3.63) is 76.1 Å². The van der Waals surface area contributed by atoms with Crippen LogP contribution in [0.4, 0.5) is 11.6 Å². The van der Waals surface area contributed by atoms with Crippen LogP contribution in [-0.4, -0.2) is 40.3 Å². The molecule has 182 valence electrons. The molecule has 6 heteroatoms. The van der Waals surface area contributed by atoms with Gasteiger partial charge in [0.2, 0.25) is 5.95 Å². The number of rotatable bonds is 8. The number of benzene rings is 2. The molecule has 6 nitrogen and oxygen atoms in total. The third-order valence-electron chi connectivity index (χ3n) is 6.11. The van der Waals surface area contributed by atoms with E-state index < -0.39 is 5.97 Å². The van der Waals surface area contributed by atoms with Crippen LogP contribution in [0.25, 0.3) is 0 Å². The second-order valence-electron chi connectivity index (χ2n) is 8.90. The van der Waals surface area contributed by atoms with Gasteiger partial charge in [0, 0.05) is 18.8 Å². The Balaban J connectivity index is 0.000000229. The Morgan fingerprint density at radius 3 is 2.29 bits per heavy atom. The molecule has 1 aromatic heterocycles. The monoisotopic (exact) mass is 462 g/mol. The van der Waals surface area contributed by atoms with Crippen LogP contribution < -0.4 is 10.2 Å². The predicted molar refractivity (Wildman–Crippen MR) is 140 cm³/mol. The van der Waals surface area contributed by atoms with Gasteiger partial charge in [-0.25, -0.2) is 9.78 Å². The van der Waals surface area contributed by atoms with Crippen molar-refractivity contribution in [1.29, 1.82) is 0 Å². The zero-order valence-electron chi connectivity index (χ0n) is 21.2. The van der Waals surface area contributed by atoms with Crippen LogP contribution in [0.5, 0.6) is 0 Å². The minimum atomic E-state index is -0.894. The summed E-state index contributed by atoms with van der Waals surface area (Å²) in [7, 11) is 0. The quantitative estimate of drug-likeness (QED) is 0.436. The summed E-state index contributed by atoms with van der Waals surface area (Å²) in [6.07, 6.45) is 2.98. The van der Waals surface area contributed by atoms with Crippen LogP contribution >= 0.6 is 0 Å². The molecule has 0 unspecified atom stereocenters. The van der Waals surface area contributed by atoms with Crippen molar-refractivity contribution in [2.24, 2.45) is 0 Å². The van der Waals surface area contributed by atoms with Crippen molar-refractivity contribution in [3.8, 4) is 0 Å². The lowest BCUT2D eigenvalue weighted by Gasteiger charge is -2.22. The third kappa shape index (κ3) is 5.86. The fraction of sp³-hybridized carbons (Fsp3) is 0.429. The lowest BCUT2D eigenvalue weighted by molar-refractivity contribution is 0.0684. The summed E-state index contributed by atoms with van der Waals surface area (Å²) in [5.74, 6) is -0.140. The van der Waals surface area contributed by atoms with Crippen molar-refractivity contribution in [1.82, 2.24) is 14.9 Å². The fourth-order valence-electron chi connectivity index (χ4n) is 4.68. The number of nitrogens with zero attached hydrogens (tertiary/aromatic N) is 3. The Hall–Kier alpha value is -3.12. The van der Waals surface area contributed by atoms with E-state index >= 15 is 0 Å². The minimum Gasteiger partial charge on any atom is -0.477 e. The van der Waals surface area contributed by atoms with E-state index in [4.69, 9.17) is 0 Å². The first-order valence-electron chi connectivity index (χ1n) is 12.3.